The summed E-state index contributed by atoms with van der Waals surface area (Å²) < 4.78 is 0. The van der Waals surface area contributed by atoms with Gasteiger partial charge in [-0.15, -0.1) is 0 Å². The molecule has 0 saturated heterocycles. The van der Waals surface area contributed by atoms with Crippen LogP contribution in [0, 0.1) is 5.92 Å². The van der Waals surface area contributed by atoms with Crippen LogP contribution in [0.3, 0.4) is 0 Å². The second-order valence-corrected chi connectivity index (χ2v) is 9.25. The zero-order valence-electron chi connectivity index (χ0n) is 21.5. The molecule has 0 saturated carbocycles. The summed E-state index contributed by atoms with van der Waals surface area (Å²) in [4.78, 5) is 61.7. The van der Waals surface area contributed by atoms with Crippen molar-refractivity contribution in [3.63, 3.8) is 0 Å². The molecule has 10 N–H and O–H groups in total. The number of aliphatic hydroxyl groups excluding tert-OH is 2. The molecule has 4 amide bonds. The van der Waals surface area contributed by atoms with E-state index in [-0.39, 0.29) is 24.5 Å². The number of carboxylic acids is 1. The molecule has 0 aliphatic carbocycles. The number of aliphatic carboxylic acids is 1. The van der Waals surface area contributed by atoms with Gasteiger partial charge in [-0.3, -0.25) is 24.0 Å². The number of carbonyl (C=O) groups is 5. The van der Waals surface area contributed by atoms with Gasteiger partial charge in [0.25, 0.3) is 0 Å². The number of carboxylic acid groups (broad SMARTS) is 1. The minimum atomic E-state index is -1.55. The van der Waals surface area contributed by atoms with E-state index in [2.05, 4.69) is 21.3 Å². The van der Waals surface area contributed by atoms with Gasteiger partial charge in [0.1, 0.15) is 36.5 Å². The molecule has 1 aromatic carbocycles. The smallest absolute Gasteiger partial charge is 0.322 e. The summed E-state index contributed by atoms with van der Waals surface area (Å²) in [6, 6.07) is 0.484. The number of hydrogen-bond acceptors (Lipinski definition) is 9. The van der Waals surface area contributed by atoms with Crippen LogP contribution in [0.15, 0.2) is 24.3 Å². The maximum atomic E-state index is 13.1. The number of aromatic hydroxyl groups is 1. The third-order valence-corrected chi connectivity index (χ3v) is 5.36. The Labute approximate surface area is 220 Å². The molecule has 1 rings (SSSR count). The number of nitrogens with one attached hydrogen (secondary N) is 4. The largest absolute Gasteiger partial charge is 0.508 e. The summed E-state index contributed by atoms with van der Waals surface area (Å²) in [7, 11) is 0. The van der Waals surface area contributed by atoms with Crippen LogP contribution in [0.1, 0.15) is 32.8 Å². The van der Waals surface area contributed by atoms with Crippen molar-refractivity contribution in [3.8, 4) is 5.75 Å². The summed E-state index contributed by atoms with van der Waals surface area (Å²) in [5.74, 6) is -4.73. The molecule has 5 atom stereocenters. The number of carbonyl (C=O) groups excluding carboxylic acids is 4. The van der Waals surface area contributed by atoms with E-state index in [0.717, 1.165) is 0 Å². The molecule has 0 fully saturated rings. The fourth-order valence-electron chi connectivity index (χ4n) is 3.35. The van der Waals surface area contributed by atoms with E-state index in [1.165, 1.54) is 31.2 Å². The van der Waals surface area contributed by atoms with Gasteiger partial charge >= 0.3 is 5.97 Å². The minimum Gasteiger partial charge on any atom is -0.508 e. The maximum absolute atomic E-state index is 13.1. The SMILES string of the molecule is CC(C)C[C@H](NC(=O)[C@@H](NC(=O)[C@H](Cc1ccc(O)cc1)NC(=O)[C@@H](N)CO)[C@@H](C)O)C(=O)NCC(=O)O. The van der Waals surface area contributed by atoms with Gasteiger partial charge in [0.2, 0.25) is 23.6 Å². The quantitative estimate of drug-likeness (QED) is 0.112. The maximum Gasteiger partial charge on any atom is 0.322 e. The van der Waals surface area contributed by atoms with Gasteiger partial charge < -0.3 is 47.4 Å². The van der Waals surface area contributed by atoms with Crippen LogP contribution in [0.4, 0.5) is 0 Å². The van der Waals surface area contributed by atoms with Crippen LogP contribution in [0.5, 0.6) is 5.75 Å². The van der Waals surface area contributed by atoms with Crippen LogP contribution in [0.2, 0.25) is 0 Å². The first kappa shape index (κ1) is 32.3. The zero-order chi connectivity index (χ0) is 29.0. The molecule has 38 heavy (non-hydrogen) atoms. The molecule has 0 aliphatic rings. The molecule has 0 aromatic heterocycles. The van der Waals surface area contributed by atoms with Crippen molar-refractivity contribution in [2.45, 2.75) is 63.9 Å². The Kier molecular flexibility index (Phi) is 13.2. The van der Waals surface area contributed by atoms with Gasteiger partial charge in [-0.05, 0) is 37.0 Å². The van der Waals surface area contributed by atoms with E-state index in [0.29, 0.717) is 5.56 Å². The highest BCUT2D eigenvalue weighted by Crippen LogP contribution is 2.12. The Hall–Kier alpha value is -3.75. The van der Waals surface area contributed by atoms with E-state index >= 15 is 0 Å². The van der Waals surface area contributed by atoms with Crippen molar-refractivity contribution >= 4 is 29.6 Å². The van der Waals surface area contributed by atoms with Crippen molar-refractivity contribution in [1.29, 1.82) is 0 Å². The molecule has 1 aromatic rings. The normalized spacial score (nSPS) is 14.9. The summed E-state index contributed by atoms with van der Waals surface area (Å²) >= 11 is 0. The Morgan fingerprint density at radius 1 is 0.868 bits per heavy atom. The lowest BCUT2D eigenvalue weighted by Gasteiger charge is -2.27. The van der Waals surface area contributed by atoms with Gasteiger partial charge in [0.15, 0.2) is 0 Å². The van der Waals surface area contributed by atoms with Crippen LogP contribution in [-0.4, -0.2) is 93.4 Å². The monoisotopic (exact) mass is 539 g/mol. The van der Waals surface area contributed by atoms with Gasteiger partial charge in [-0.2, -0.15) is 0 Å². The summed E-state index contributed by atoms with van der Waals surface area (Å²) in [6.07, 6.45) is -1.36. The van der Waals surface area contributed by atoms with Gasteiger partial charge in [0, 0.05) is 6.42 Å². The highest BCUT2D eigenvalue weighted by atomic mass is 16.4. The van der Waals surface area contributed by atoms with E-state index in [1.54, 1.807) is 13.8 Å². The van der Waals surface area contributed by atoms with Crippen molar-refractivity contribution in [1.82, 2.24) is 21.3 Å². The van der Waals surface area contributed by atoms with Crippen LogP contribution >= 0.6 is 0 Å². The van der Waals surface area contributed by atoms with E-state index in [9.17, 15) is 34.2 Å². The predicted molar refractivity (Wildman–Crippen MR) is 134 cm³/mol. The first-order valence-corrected chi connectivity index (χ1v) is 12.0. The molecule has 212 valence electrons. The summed E-state index contributed by atoms with van der Waals surface area (Å²) in [5.41, 5.74) is 6.07. The Morgan fingerprint density at radius 2 is 1.45 bits per heavy atom. The van der Waals surface area contributed by atoms with E-state index in [1.807, 2.05) is 0 Å². The summed E-state index contributed by atoms with van der Waals surface area (Å²) in [6.45, 7) is 3.46. The first-order chi connectivity index (χ1) is 17.7. The van der Waals surface area contributed by atoms with E-state index in [4.69, 9.17) is 15.9 Å². The van der Waals surface area contributed by atoms with Crippen molar-refractivity contribution in [2.24, 2.45) is 11.7 Å². The zero-order valence-corrected chi connectivity index (χ0v) is 21.5. The number of benzene rings is 1. The average Bonchev–Trinajstić information content (AvgIpc) is 2.84. The molecular formula is C24H37N5O9. The average molecular weight is 540 g/mol. The van der Waals surface area contributed by atoms with Crippen LogP contribution in [0.25, 0.3) is 0 Å². The number of amides is 4. The lowest BCUT2D eigenvalue weighted by molar-refractivity contribution is -0.139. The highest BCUT2D eigenvalue weighted by Gasteiger charge is 2.33. The molecule has 0 aliphatic heterocycles. The lowest BCUT2D eigenvalue weighted by atomic mass is 10.0. The molecule has 0 unspecified atom stereocenters. The topological polar surface area (TPSA) is 240 Å². The van der Waals surface area contributed by atoms with Crippen molar-refractivity contribution in [2.75, 3.05) is 13.2 Å². The third-order valence-electron chi connectivity index (χ3n) is 5.36. The standard InChI is InChI=1S/C24H37N5O9/c1-12(2)8-17(22(36)26-10-19(33)34)28-24(38)20(13(3)31)29-23(37)18(27-21(35)16(25)11-30)9-14-4-6-15(32)7-5-14/h4-7,12-13,16-18,20,30-32H,8-11,25H2,1-3H3,(H,26,36)(H,27,35)(H,28,38)(H,29,37)(H,33,34)/t13-,16+,17+,18+,20+/m1/s1. The molecule has 0 spiro atoms. The number of rotatable bonds is 15. The van der Waals surface area contributed by atoms with E-state index < -0.39 is 73.0 Å². The van der Waals surface area contributed by atoms with Gasteiger partial charge in [-0.25, -0.2) is 0 Å². The fraction of sp³-hybridized carbons (Fsp3) is 0.542. The van der Waals surface area contributed by atoms with Crippen LogP contribution in [-0.2, 0) is 30.4 Å². The predicted octanol–water partition coefficient (Wildman–Crippen LogP) is -2.66. The summed E-state index contributed by atoms with van der Waals surface area (Å²) in [5, 5.41) is 47.1. The van der Waals surface area contributed by atoms with Gasteiger partial charge in [0.05, 0.1) is 12.7 Å². The number of nitrogens with two attached hydrogens (primary N) is 1. The lowest BCUT2D eigenvalue weighted by Crippen LogP contribution is -2.61. The number of phenols is 1. The van der Waals surface area contributed by atoms with Crippen molar-refractivity contribution < 1.29 is 44.4 Å². The van der Waals surface area contributed by atoms with Crippen LogP contribution < -0.4 is 27.0 Å². The first-order valence-electron chi connectivity index (χ1n) is 12.0. The van der Waals surface area contributed by atoms with Crippen molar-refractivity contribution in [3.05, 3.63) is 29.8 Å². The molecule has 0 heterocycles. The Morgan fingerprint density at radius 3 is 1.95 bits per heavy atom. The highest BCUT2D eigenvalue weighted by molar-refractivity contribution is 5.95. The molecule has 0 radical (unpaired) electrons. The second-order valence-electron chi connectivity index (χ2n) is 9.25. The minimum absolute atomic E-state index is 0.0183. The molecule has 0 bridgehead atoms. The van der Waals surface area contributed by atoms with Gasteiger partial charge in [-0.1, -0.05) is 26.0 Å². The number of hydrogen-bond donors (Lipinski definition) is 9. The Balaban J connectivity index is 3.10. The molecular weight excluding hydrogens is 502 g/mol. The second kappa shape index (κ2) is 15.5. The molecule has 14 heteroatoms. The fourth-order valence-corrected chi connectivity index (χ4v) is 3.35. The third kappa shape index (κ3) is 11.1. The molecule has 14 nitrogen and oxygen atoms in total. The number of phenolic OH excluding ortho intramolecular Hbond substituents is 1. The number of aliphatic hydroxyl groups is 2. The Bertz CT molecular complexity index is 969.